The molecule has 110 valence electrons. The number of nitrogens with one attached hydrogen (secondary N) is 2. The fourth-order valence-corrected chi connectivity index (χ4v) is 2.88. The monoisotopic (exact) mass is 279 g/mol. The molecule has 1 amide bonds. The van der Waals surface area contributed by atoms with Crippen molar-refractivity contribution < 1.29 is 9.18 Å². The summed E-state index contributed by atoms with van der Waals surface area (Å²) in [6, 6.07) is 6.53. The summed E-state index contributed by atoms with van der Waals surface area (Å²) in [6.45, 7) is 4.33. The van der Waals surface area contributed by atoms with Gasteiger partial charge in [0.25, 0.3) is 0 Å². The van der Waals surface area contributed by atoms with Crippen molar-refractivity contribution in [3.8, 4) is 0 Å². The van der Waals surface area contributed by atoms with Gasteiger partial charge in [-0.15, -0.1) is 0 Å². The number of benzene rings is 1. The molecule has 0 bridgehead atoms. The van der Waals surface area contributed by atoms with Crippen LogP contribution in [0.1, 0.15) is 24.9 Å². The molecule has 1 fully saturated rings. The first-order valence-electron chi connectivity index (χ1n) is 7.11. The topological polar surface area (TPSA) is 44.4 Å². The molecule has 1 aliphatic heterocycles. The van der Waals surface area contributed by atoms with Crippen LogP contribution >= 0.6 is 0 Å². The van der Waals surface area contributed by atoms with E-state index in [9.17, 15) is 9.18 Å². The van der Waals surface area contributed by atoms with Crippen molar-refractivity contribution in [3.05, 3.63) is 35.6 Å². The van der Waals surface area contributed by atoms with Gasteiger partial charge in [-0.3, -0.25) is 9.69 Å². The second kappa shape index (κ2) is 6.81. The van der Waals surface area contributed by atoms with Gasteiger partial charge in [0.15, 0.2) is 0 Å². The highest BCUT2D eigenvalue weighted by Crippen LogP contribution is 2.27. The SMILES string of the molecule is CCC(c1cccc(F)c1)N1CCNCC1C(=O)NC. The zero-order valence-corrected chi connectivity index (χ0v) is 12.0. The predicted octanol–water partition coefficient (Wildman–Crippen LogP) is 1.30. The van der Waals surface area contributed by atoms with E-state index in [1.54, 1.807) is 19.2 Å². The lowest BCUT2D eigenvalue weighted by molar-refractivity contribution is -0.127. The van der Waals surface area contributed by atoms with Crippen molar-refractivity contribution in [3.63, 3.8) is 0 Å². The molecule has 1 aliphatic rings. The number of piperazine rings is 1. The van der Waals surface area contributed by atoms with Crippen molar-refractivity contribution in [2.75, 3.05) is 26.7 Å². The van der Waals surface area contributed by atoms with Crippen LogP contribution in [0.5, 0.6) is 0 Å². The minimum absolute atomic E-state index is 0.00653. The number of amides is 1. The van der Waals surface area contributed by atoms with Crippen LogP contribution in [0.15, 0.2) is 24.3 Å². The molecule has 5 heteroatoms. The van der Waals surface area contributed by atoms with Crippen molar-refractivity contribution in [1.29, 1.82) is 0 Å². The lowest BCUT2D eigenvalue weighted by atomic mass is 9.99. The van der Waals surface area contributed by atoms with Crippen LogP contribution in [0, 0.1) is 5.82 Å². The number of nitrogens with zero attached hydrogens (tertiary/aromatic N) is 1. The zero-order chi connectivity index (χ0) is 14.5. The van der Waals surface area contributed by atoms with Gasteiger partial charge < -0.3 is 10.6 Å². The fourth-order valence-electron chi connectivity index (χ4n) is 2.88. The highest BCUT2D eigenvalue weighted by atomic mass is 19.1. The molecule has 2 N–H and O–H groups in total. The lowest BCUT2D eigenvalue weighted by Crippen LogP contribution is -2.58. The van der Waals surface area contributed by atoms with E-state index in [1.807, 2.05) is 6.07 Å². The number of likely N-dealkylation sites (N-methyl/N-ethyl adjacent to an activating group) is 1. The van der Waals surface area contributed by atoms with Crippen molar-refractivity contribution in [2.24, 2.45) is 0 Å². The molecule has 1 saturated heterocycles. The third-order valence-corrected chi connectivity index (χ3v) is 3.85. The summed E-state index contributed by atoms with van der Waals surface area (Å²) < 4.78 is 13.4. The summed E-state index contributed by atoms with van der Waals surface area (Å²) in [6.07, 6.45) is 0.844. The molecule has 20 heavy (non-hydrogen) atoms. The summed E-state index contributed by atoms with van der Waals surface area (Å²) in [5.74, 6) is -0.223. The Morgan fingerprint density at radius 1 is 1.60 bits per heavy atom. The van der Waals surface area contributed by atoms with Gasteiger partial charge in [-0.25, -0.2) is 4.39 Å². The summed E-state index contributed by atoms with van der Waals surface area (Å²) in [4.78, 5) is 14.2. The zero-order valence-electron chi connectivity index (χ0n) is 12.0. The molecule has 0 aliphatic carbocycles. The molecule has 1 aromatic rings. The van der Waals surface area contributed by atoms with Crippen LogP contribution in [0.4, 0.5) is 4.39 Å². The van der Waals surface area contributed by atoms with Crippen LogP contribution in [0.2, 0.25) is 0 Å². The maximum atomic E-state index is 13.4. The van der Waals surface area contributed by atoms with Crippen LogP contribution in [-0.2, 0) is 4.79 Å². The molecule has 4 nitrogen and oxygen atoms in total. The van der Waals surface area contributed by atoms with Gasteiger partial charge in [0.1, 0.15) is 11.9 Å². The third kappa shape index (κ3) is 3.16. The Morgan fingerprint density at radius 2 is 2.40 bits per heavy atom. The largest absolute Gasteiger partial charge is 0.358 e. The fraction of sp³-hybridized carbons (Fsp3) is 0.533. The van der Waals surface area contributed by atoms with E-state index in [1.165, 1.54) is 6.07 Å². The normalized spacial score (nSPS) is 21.4. The summed E-state index contributed by atoms with van der Waals surface area (Å²) in [5, 5.41) is 5.96. The van der Waals surface area contributed by atoms with E-state index in [4.69, 9.17) is 0 Å². The minimum atomic E-state index is -0.229. The molecular weight excluding hydrogens is 257 g/mol. The van der Waals surface area contributed by atoms with Crippen molar-refractivity contribution >= 4 is 5.91 Å². The Kier molecular flexibility index (Phi) is 5.09. The van der Waals surface area contributed by atoms with Crippen LogP contribution in [-0.4, -0.2) is 43.5 Å². The van der Waals surface area contributed by atoms with Crippen molar-refractivity contribution in [2.45, 2.75) is 25.4 Å². The second-order valence-electron chi connectivity index (χ2n) is 5.05. The second-order valence-corrected chi connectivity index (χ2v) is 5.05. The molecule has 2 rings (SSSR count). The standard InChI is InChI=1S/C15H22FN3O/c1-3-13(11-5-4-6-12(16)9-11)19-8-7-18-10-14(19)15(20)17-2/h4-6,9,13-14,18H,3,7-8,10H2,1-2H3,(H,17,20). The van der Waals surface area contributed by atoms with E-state index in [-0.39, 0.29) is 23.8 Å². The number of rotatable bonds is 4. The molecule has 2 unspecified atom stereocenters. The Hall–Kier alpha value is -1.46. The molecule has 0 aromatic heterocycles. The average molecular weight is 279 g/mol. The van der Waals surface area contributed by atoms with Gasteiger partial charge in [-0.05, 0) is 24.1 Å². The predicted molar refractivity (Wildman–Crippen MR) is 76.9 cm³/mol. The summed E-state index contributed by atoms with van der Waals surface area (Å²) >= 11 is 0. The number of hydrogen-bond donors (Lipinski definition) is 2. The first-order chi connectivity index (χ1) is 9.67. The Balaban J connectivity index is 2.26. The average Bonchev–Trinajstić information content (AvgIpc) is 2.48. The Labute approximate surface area is 119 Å². The number of carbonyl (C=O) groups is 1. The molecular formula is C15H22FN3O. The lowest BCUT2D eigenvalue weighted by Gasteiger charge is -2.40. The van der Waals surface area contributed by atoms with Gasteiger partial charge in [-0.2, -0.15) is 0 Å². The summed E-state index contributed by atoms with van der Waals surface area (Å²) in [7, 11) is 1.65. The highest BCUT2D eigenvalue weighted by molar-refractivity contribution is 5.81. The van der Waals surface area contributed by atoms with Gasteiger partial charge in [-0.1, -0.05) is 19.1 Å². The van der Waals surface area contributed by atoms with Crippen LogP contribution in [0.25, 0.3) is 0 Å². The molecule has 2 atom stereocenters. The number of halogens is 1. The smallest absolute Gasteiger partial charge is 0.238 e. The van der Waals surface area contributed by atoms with Gasteiger partial charge >= 0.3 is 0 Å². The summed E-state index contributed by atoms with van der Waals surface area (Å²) in [5.41, 5.74) is 0.934. The first kappa shape index (κ1) is 14.9. The molecule has 0 radical (unpaired) electrons. The first-order valence-corrected chi connectivity index (χ1v) is 7.11. The van der Waals surface area contributed by atoms with Gasteiger partial charge in [0, 0.05) is 32.7 Å². The molecule has 1 aromatic carbocycles. The van der Waals surface area contributed by atoms with E-state index in [0.717, 1.165) is 25.1 Å². The number of hydrogen-bond acceptors (Lipinski definition) is 3. The minimum Gasteiger partial charge on any atom is -0.358 e. The quantitative estimate of drug-likeness (QED) is 0.873. The van der Waals surface area contributed by atoms with Crippen molar-refractivity contribution in [1.82, 2.24) is 15.5 Å². The van der Waals surface area contributed by atoms with Gasteiger partial charge in [0.05, 0.1) is 0 Å². The Bertz CT molecular complexity index is 466. The Morgan fingerprint density at radius 3 is 3.05 bits per heavy atom. The van der Waals surface area contributed by atoms with Crippen LogP contribution in [0.3, 0.4) is 0 Å². The molecule has 0 saturated carbocycles. The van der Waals surface area contributed by atoms with E-state index in [0.29, 0.717) is 6.54 Å². The van der Waals surface area contributed by atoms with E-state index in [2.05, 4.69) is 22.5 Å². The highest BCUT2D eigenvalue weighted by Gasteiger charge is 2.33. The van der Waals surface area contributed by atoms with E-state index < -0.39 is 0 Å². The maximum absolute atomic E-state index is 13.4. The van der Waals surface area contributed by atoms with Gasteiger partial charge in [0.2, 0.25) is 5.91 Å². The van der Waals surface area contributed by atoms with Crippen LogP contribution < -0.4 is 10.6 Å². The molecule has 1 heterocycles. The maximum Gasteiger partial charge on any atom is 0.238 e. The third-order valence-electron chi connectivity index (χ3n) is 3.85. The number of carbonyl (C=O) groups excluding carboxylic acids is 1. The van der Waals surface area contributed by atoms with E-state index >= 15 is 0 Å². The molecule has 0 spiro atoms.